The Morgan fingerprint density at radius 2 is 2.14 bits per heavy atom. The highest BCUT2D eigenvalue weighted by molar-refractivity contribution is 5.94. The minimum atomic E-state index is -0.250. The molecule has 1 amide bonds. The minimum Gasteiger partial charge on any atom is -0.345 e. The average molecular weight is 277 g/mol. The SMILES string of the molecule is N#Cc1cccc(C(=O)NCc2nnc3ccccn23)c1. The molecule has 2 heterocycles. The van der Waals surface area contributed by atoms with E-state index in [0.29, 0.717) is 17.0 Å². The second kappa shape index (κ2) is 5.43. The van der Waals surface area contributed by atoms with Gasteiger partial charge in [-0.15, -0.1) is 10.2 Å². The Morgan fingerprint density at radius 3 is 3.00 bits per heavy atom. The van der Waals surface area contributed by atoms with Crippen molar-refractivity contribution in [2.75, 3.05) is 0 Å². The van der Waals surface area contributed by atoms with Gasteiger partial charge >= 0.3 is 0 Å². The first-order valence-electron chi connectivity index (χ1n) is 6.35. The summed E-state index contributed by atoms with van der Waals surface area (Å²) in [6.07, 6.45) is 1.84. The number of pyridine rings is 1. The van der Waals surface area contributed by atoms with Gasteiger partial charge in [0.05, 0.1) is 18.2 Å². The first kappa shape index (κ1) is 12.8. The van der Waals surface area contributed by atoms with Crippen LogP contribution in [0.2, 0.25) is 0 Å². The molecule has 6 nitrogen and oxygen atoms in total. The van der Waals surface area contributed by atoms with Crippen LogP contribution in [0.25, 0.3) is 5.65 Å². The maximum Gasteiger partial charge on any atom is 0.251 e. The Bertz CT molecular complexity index is 846. The average Bonchev–Trinajstić information content (AvgIpc) is 2.96. The molecule has 0 aliphatic carbocycles. The monoisotopic (exact) mass is 277 g/mol. The topological polar surface area (TPSA) is 83.1 Å². The Labute approximate surface area is 120 Å². The molecule has 0 atom stereocenters. The minimum absolute atomic E-state index is 0.250. The van der Waals surface area contributed by atoms with Crippen LogP contribution in [0.15, 0.2) is 48.7 Å². The third-order valence-electron chi connectivity index (χ3n) is 3.05. The first-order chi connectivity index (χ1) is 10.3. The summed E-state index contributed by atoms with van der Waals surface area (Å²) in [5.41, 5.74) is 1.63. The van der Waals surface area contributed by atoms with Crippen molar-refractivity contribution < 1.29 is 4.79 Å². The van der Waals surface area contributed by atoms with Crippen LogP contribution in [0, 0.1) is 11.3 Å². The van der Waals surface area contributed by atoms with E-state index >= 15 is 0 Å². The summed E-state index contributed by atoms with van der Waals surface area (Å²) in [5.74, 6) is 0.398. The maximum absolute atomic E-state index is 12.1. The molecule has 102 valence electrons. The molecule has 0 unspecified atom stereocenters. The molecule has 21 heavy (non-hydrogen) atoms. The summed E-state index contributed by atoms with van der Waals surface area (Å²) in [6, 6.07) is 14.2. The number of amides is 1. The van der Waals surface area contributed by atoms with Gasteiger partial charge in [0.25, 0.3) is 5.91 Å². The zero-order chi connectivity index (χ0) is 14.7. The number of hydrogen-bond acceptors (Lipinski definition) is 4. The highest BCUT2D eigenvalue weighted by Crippen LogP contribution is 2.06. The number of rotatable bonds is 3. The van der Waals surface area contributed by atoms with E-state index in [1.165, 1.54) is 0 Å². The molecule has 0 saturated carbocycles. The zero-order valence-corrected chi connectivity index (χ0v) is 11.0. The quantitative estimate of drug-likeness (QED) is 0.787. The largest absolute Gasteiger partial charge is 0.345 e. The molecule has 2 aromatic heterocycles. The molecule has 0 bridgehead atoms. The van der Waals surface area contributed by atoms with Crippen molar-refractivity contribution in [3.05, 3.63) is 65.6 Å². The third-order valence-corrected chi connectivity index (χ3v) is 3.05. The number of benzene rings is 1. The lowest BCUT2D eigenvalue weighted by Gasteiger charge is -2.04. The van der Waals surface area contributed by atoms with Crippen LogP contribution in [0.1, 0.15) is 21.7 Å². The van der Waals surface area contributed by atoms with Gasteiger partial charge in [-0.25, -0.2) is 0 Å². The molecular formula is C15H11N5O. The smallest absolute Gasteiger partial charge is 0.251 e. The molecular weight excluding hydrogens is 266 g/mol. The van der Waals surface area contributed by atoms with E-state index in [0.717, 1.165) is 5.65 Å². The molecule has 3 aromatic rings. The highest BCUT2D eigenvalue weighted by atomic mass is 16.1. The molecule has 1 N–H and O–H groups in total. The maximum atomic E-state index is 12.1. The van der Waals surface area contributed by atoms with Gasteiger partial charge in [-0.2, -0.15) is 5.26 Å². The molecule has 0 aliphatic heterocycles. The Hall–Kier alpha value is -3.20. The molecule has 3 rings (SSSR count). The lowest BCUT2D eigenvalue weighted by atomic mass is 10.1. The van der Waals surface area contributed by atoms with Gasteiger partial charge in [0.2, 0.25) is 0 Å². The number of hydrogen-bond donors (Lipinski definition) is 1. The Kier molecular flexibility index (Phi) is 3.31. The number of aromatic nitrogens is 3. The van der Waals surface area contributed by atoms with Crippen LogP contribution in [0.4, 0.5) is 0 Å². The fourth-order valence-electron chi connectivity index (χ4n) is 2.00. The number of carbonyl (C=O) groups is 1. The number of fused-ring (bicyclic) bond motifs is 1. The Morgan fingerprint density at radius 1 is 1.24 bits per heavy atom. The van der Waals surface area contributed by atoms with Gasteiger partial charge in [-0.3, -0.25) is 9.20 Å². The van der Waals surface area contributed by atoms with Gasteiger partial charge in [-0.05, 0) is 30.3 Å². The van der Waals surface area contributed by atoms with E-state index in [1.807, 2.05) is 34.9 Å². The molecule has 6 heteroatoms. The normalized spacial score (nSPS) is 10.2. The molecule has 0 fully saturated rings. The van der Waals surface area contributed by atoms with Crippen LogP contribution < -0.4 is 5.32 Å². The zero-order valence-electron chi connectivity index (χ0n) is 11.0. The standard InChI is InChI=1S/C15H11N5O/c16-9-11-4-3-5-12(8-11)15(21)17-10-14-19-18-13-6-1-2-7-20(13)14/h1-8H,10H2,(H,17,21). The van der Waals surface area contributed by atoms with Crippen LogP contribution in [0.5, 0.6) is 0 Å². The summed E-state index contributed by atoms with van der Waals surface area (Å²) >= 11 is 0. The molecule has 1 aromatic carbocycles. The van der Waals surface area contributed by atoms with Gasteiger partial charge in [0.15, 0.2) is 11.5 Å². The summed E-state index contributed by atoms with van der Waals surface area (Å²) in [5, 5.41) is 19.7. The summed E-state index contributed by atoms with van der Waals surface area (Å²) < 4.78 is 1.81. The molecule has 0 spiro atoms. The lowest BCUT2D eigenvalue weighted by molar-refractivity contribution is 0.0949. The van der Waals surface area contributed by atoms with Crippen molar-refractivity contribution >= 4 is 11.6 Å². The van der Waals surface area contributed by atoms with Crippen LogP contribution in [-0.4, -0.2) is 20.5 Å². The van der Waals surface area contributed by atoms with E-state index in [-0.39, 0.29) is 12.5 Å². The van der Waals surface area contributed by atoms with Crippen molar-refractivity contribution in [1.29, 1.82) is 5.26 Å². The second-order valence-corrected chi connectivity index (χ2v) is 4.42. The van der Waals surface area contributed by atoms with Crippen molar-refractivity contribution in [3.63, 3.8) is 0 Å². The molecule has 0 saturated heterocycles. The first-order valence-corrected chi connectivity index (χ1v) is 6.35. The number of nitrogens with zero attached hydrogens (tertiary/aromatic N) is 4. The van der Waals surface area contributed by atoms with E-state index in [9.17, 15) is 4.79 Å². The van der Waals surface area contributed by atoms with Gasteiger partial charge in [0.1, 0.15) is 0 Å². The number of nitriles is 1. The van der Waals surface area contributed by atoms with E-state index < -0.39 is 0 Å². The van der Waals surface area contributed by atoms with Crippen LogP contribution in [0.3, 0.4) is 0 Å². The van der Waals surface area contributed by atoms with Gasteiger partial charge in [0, 0.05) is 11.8 Å². The third kappa shape index (κ3) is 2.58. The van der Waals surface area contributed by atoms with Crippen molar-refractivity contribution in [2.24, 2.45) is 0 Å². The number of carbonyl (C=O) groups excluding carboxylic acids is 1. The Balaban J connectivity index is 1.75. The fourth-order valence-corrected chi connectivity index (χ4v) is 2.00. The van der Waals surface area contributed by atoms with Crippen molar-refractivity contribution in [1.82, 2.24) is 19.9 Å². The molecule has 0 aliphatic rings. The lowest BCUT2D eigenvalue weighted by Crippen LogP contribution is -2.24. The van der Waals surface area contributed by atoms with Gasteiger partial charge in [-0.1, -0.05) is 12.1 Å². The summed E-state index contributed by atoms with van der Waals surface area (Å²) in [4.78, 5) is 12.1. The van der Waals surface area contributed by atoms with Gasteiger partial charge < -0.3 is 5.32 Å². The van der Waals surface area contributed by atoms with Crippen LogP contribution >= 0.6 is 0 Å². The number of nitrogens with one attached hydrogen (secondary N) is 1. The van der Waals surface area contributed by atoms with Crippen molar-refractivity contribution in [2.45, 2.75) is 6.54 Å². The fraction of sp³-hybridized carbons (Fsp3) is 0.0667. The van der Waals surface area contributed by atoms with E-state index in [4.69, 9.17) is 5.26 Å². The summed E-state index contributed by atoms with van der Waals surface area (Å²) in [6.45, 7) is 0.265. The molecule has 0 radical (unpaired) electrons. The van der Waals surface area contributed by atoms with E-state index in [2.05, 4.69) is 15.5 Å². The predicted octanol–water partition coefficient (Wildman–Crippen LogP) is 1.53. The highest BCUT2D eigenvalue weighted by Gasteiger charge is 2.09. The van der Waals surface area contributed by atoms with E-state index in [1.54, 1.807) is 24.3 Å². The van der Waals surface area contributed by atoms with Crippen LogP contribution in [-0.2, 0) is 6.54 Å². The predicted molar refractivity (Wildman–Crippen MR) is 75.3 cm³/mol. The summed E-state index contributed by atoms with van der Waals surface area (Å²) in [7, 11) is 0. The van der Waals surface area contributed by atoms with Crippen molar-refractivity contribution in [3.8, 4) is 6.07 Å². The second-order valence-electron chi connectivity index (χ2n) is 4.42.